The van der Waals surface area contributed by atoms with E-state index in [9.17, 15) is 15.3 Å². The van der Waals surface area contributed by atoms with Crippen LogP contribution in [0.25, 0.3) is 0 Å². The highest BCUT2D eigenvalue weighted by Crippen LogP contribution is 2.31. The van der Waals surface area contributed by atoms with E-state index in [-0.39, 0.29) is 12.6 Å². The third-order valence-electron chi connectivity index (χ3n) is 5.38. The van der Waals surface area contributed by atoms with Crippen molar-refractivity contribution < 1.29 is 20.1 Å². The van der Waals surface area contributed by atoms with Gasteiger partial charge >= 0.3 is 0 Å². The molecule has 1 unspecified atom stereocenters. The molecule has 0 aromatic heterocycles. The molecule has 4 rings (SSSR count). The molecular weight excluding hydrogens is 342 g/mol. The first-order valence-corrected chi connectivity index (χ1v) is 8.88. The lowest BCUT2D eigenvalue weighted by Crippen LogP contribution is -2.66. The third-order valence-corrected chi connectivity index (χ3v) is 5.38. The summed E-state index contributed by atoms with van der Waals surface area (Å²) in [6, 6.07) is 0. The van der Waals surface area contributed by atoms with Crippen molar-refractivity contribution in [1.29, 1.82) is 0 Å². The van der Waals surface area contributed by atoms with Gasteiger partial charge in [-0.2, -0.15) is 4.99 Å². The minimum atomic E-state index is -1.22. The number of hydrogen-bond donors (Lipinski definition) is 5. The van der Waals surface area contributed by atoms with Crippen LogP contribution in [0, 0.1) is 0 Å². The molecule has 2 fully saturated rings. The van der Waals surface area contributed by atoms with Crippen molar-refractivity contribution in [1.82, 2.24) is 9.80 Å². The molecule has 4 aliphatic heterocycles. The molecule has 4 aliphatic rings. The van der Waals surface area contributed by atoms with Gasteiger partial charge in [-0.25, -0.2) is 4.99 Å². The molecule has 0 spiro atoms. The van der Waals surface area contributed by atoms with E-state index in [0.717, 1.165) is 32.4 Å². The van der Waals surface area contributed by atoms with Crippen molar-refractivity contribution in [2.75, 3.05) is 26.4 Å². The van der Waals surface area contributed by atoms with Crippen LogP contribution in [0.15, 0.2) is 15.0 Å². The number of hydrogen-bond acceptors (Lipinski definition) is 11. The Morgan fingerprint density at radius 3 is 2.58 bits per heavy atom. The van der Waals surface area contributed by atoms with Crippen molar-refractivity contribution in [2.45, 2.75) is 49.6 Å². The molecule has 0 aromatic carbocycles. The first-order valence-electron chi connectivity index (χ1n) is 8.88. The molecule has 0 bridgehead atoms. The summed E-state index contributed by atoms with van der Waals surface area (Å²) in [6.07, 6.45) is -1.01. The van der Waals surface area contributed by atoms with E-state index in [1.54, 1.807) is 4.90 Å². The van der Waals surface area contributed by atoms with Crippen LogP contribution in [0.1, 0.15) is 19.3 Å². The first-order chi connectivity index (χ1) is 12.5. The molecule has 144 valence electrons. The summed E-state index contributed by atoms with van der Waals surface area (Å²) in [5.41, 5.74) is 13.0. The number of likely N-dealkylation sites (tertiary alicyclic amines) is 1. The normalized spacial score (nSPS) is 40.9. The monoisotopic (exact) mass is 367 g/mol. The number of guanidine groups is 1. The molecular formula is C15H25N7O4. The number of aliphatic hydroxyl groups is 3. The Hall–Kier alpha value is -1.63. The highest BCUT2D eigenvalue weighted by Gasteiger charge is 2.52. The van der Waals surface area contributed by atoms with Crippen molar-refractivity contribution in [2.24, 2.45) is 26.4 Å². The molecule has 0 amide bonds. The number of amidine groups is 1. The van der Waals surface area contributed by atoms with Crippen LogP contribution in [0.4, 0.5) is 0 Å². The average molecular weight is 367 g/mol. The quantitative estimate of drug-likeness (QED) is 0.351. The number of fused-ring (bicyclic) bond motifs is 1. The van der Waals surface area contributed by atoms with Gasteiger partial charge in [-0.15, -0.1) is 0 Å². The van der Waals surface area contributed by atoms with Gasteiger partial charge in [-0.3, -0.25) is 15.6 Å². The minimum absolute atomic E-state index is 0.0330. The highest BCUT2D eigenvalue weighted by atomic mass is 16.6. The number of aliphatic hydroxyl groups excluding tert-OH is 3. The summed E-state index contributed by atoms with van der Waals surface area (Å²) < 4.78 is 5.60. The summed E-state index contributed by atoms with van der Waals surface area (Å²) in [4.78, 5) is 16.8. The second-order valence-electron chi connectivity index (χ2n) is 7.03. The van der Waals surface area contributed by atoms with Gasteiger partial charge in [0.05, 0.1) is 6.61 Å². The topological polar surface area (TPSA) is 166 Å². The summed E-state index contributed by atoms with van der Waals surface area (Å²) in [7, 11) is 0. The molecule has 11 heteroatoms. The molecule has 26 heavy (non-hydrogen) atoms. The zero-order chi connectivity index (χ0) is 18.5. The molecule has 5 atom stereocenters. The fourth-order valence-electron chi connectivity index (χ4n) is 3.97. The third kappa shape index (κ3) is 2.63. The number of nitrogens with two attached hydrogens (primary N) is 2. The average Bonchev–Trinajstić information content (AvgIpc) is 3.18. The van der Waals surface area contributed by atoms with Crippen molar-refractivity contribution in [3.8, 4) is 0 Å². The van der Waals surface area contributed by atoms with E-state index in [4.69, 9.17) is 16.2 Å². The smallest absolute Gasteiger partial charge is 0.220 e. The number of aliphatic imine (C=N–C) groups is 3. The van der Waals surface area contributed by atoms with Crippen LogP contribution < -0.4 is 11.5 Å². The van der Waals surface area contributed by atoms with Gasteiger partial charge in [-0.05, 0) is 12.8 Å². The van der Waals surface area contributed by atoms with Gasteiger partial charge in [0.25, 0.3) is 0 Å². The maximum absolute atomic E-state index is 10.3. The molecule has 11 nitrogen and oxygen atoms in total. The van der Waals surface area contributed by atoms with Crippen molar-refractivity contribution >= 4 is 17.5 Å². The van der Waals surface area contributed by atoms with Crippen LogP contribution >= 0.6 is 0 Å². The van der Waals surface area contributed by atoms with E-state index in [1.165, 1.54) is 0 Å². The van der Waals surface area contributed by atoms with E-state index in [1.807, 2.05) is 4.90 Å². The number of ether oxygens (including phenoxy) is 1. The molecule has 0 saturated carbocycles. The Kier molecular flexibility index (Phi) is 4.45. The zero-order valence-corrected chi connectivity index (χ0v) is 14.4. The van der Waals surface area contributed by atoms with Gasteiger partial charge < -0.3 is 30.7 Å². The van der Waals surface area contributed by atoms with Crippen molar-refractivity contribution in [3.63, 3.8) is 0 Å². The Morgan fingerprint density at radius 1 is 1.19 bits per heavy atom. The Balaban J connectivity index is 1.62. The predicted octanol–water partition coefficient (Wildman–Crippen LogP) is -3.04. The van der Waals surface area contributed by atoms with Crippen LogP contribution in [0.3, 0.4) is 0 Å². The lowest BCUT2D eigenvalue weighted by Gasteiger charge is -2.41. The summed E-state index contributed by atoms with van der Waals surface area (Å²) >= 11 is 0. The van der Waals surface area contributed by atoms with Gasteiger partial charge in [0.2, 0.25) is 11.7 Å². The Bertz CT molecular complexity index is 662. The van der Waals surface area contributed by atoms with Crippen LogP contribution in [-0.4, -0.2) is 99.3 Å². The molecule has 7 N–H and O–H groups in total. The number of rotatable bonds is 3. The number of piperidine rings is 1. The first kappa shape index (κ1) is 17.8. The largest absolute Gasteiger partial charge is 0.394 e. The van der Waals surface area contributed by atoms with Crippen LogP contribution in [0.2, 0.25) is 0 Å². The van der Waals surface area contributed by atoms with Crippen molar-refractivity contribution in [3.05, 3.63) is 0 Å². The Morgan fingerprint density at radius 2 is 1.92 bits per heavy atom. The fraction of sp³-hybridized carbons (Fsp3) is 0.800. The second-order valence-corrected chi connectivity index (χ2v) is 7.03. The molecule has 0 aromatic rings. The fourth-order valence-corrected chi connectivity index (χ4v) is 3.97. The standard InChI is InChI=1S/C15H25N7O4/c16-14-19-12-11(15(17,20-14)21-4-2-1-3-5-21)18-7-22(12)13-10(25)9(24)8(6-23)26-13/h8-10,13,23-25H,1-7,17H2,(H2,16,20)/t8-,9-,10-,13-,15?/m1/s1. The van der Waals surface area contributed by atoms with E-state index in [0.29, 0.717) is 11.5 Å². The van der Waals surface area contributed by atoms with Gasteiger partial charge in [-0.1, -0.05) is 6.42 Å². The maximum Gasteiger partial charge on any atom is 0.220 e. The SMILES string of the molecule is NC1=NC(N)(N2CCCCC2)C2=NCN([C@@H]3O[C@H](CO)[C@@H](O)[C@H]3O)C2=N1. The van der Waals surface area contributed by atoms with E-state index >= 15 is 0 Å². The summed E-state index contributed by atoms with van der Waals surface area (Å²) in [6.45, 7) is 1.32. The minimum Gasteiger partial charge on any atom is -0.394 e. The predicted molar refractivity (Wildman–Crippen MR) is 93.3 cm³/mol. The van der Waals surface area contributed by atoms with Crippen LogP contribution in [-0.2, 0) is 4.74 Å². The zero-order valence-electron chi connectivity index (χ0n) is 14.4. The molecule has 0 aliphatic carbocycles. The molecule has 4 heterocycles. The van der Waals surface area contributed by atoms with Crippen LogP contribution in [0.5, 0.6) is 0 Å². The molecule has 2 saturated heterocycles. The maximum atomic E-state index is 10.3. The molecule has 0 radical (unpaired) electrons. The second kappa shape index (κ2) is 6.51. The van der Waals surface area contributed by atoms with E-state index < -0.39 is 36.9 Å². The summed E-state index contributed by atoms with van der Waals surface area (Å²) in [5, 5.41) is 29.6. The lowest BCUT2D eigenvalue weighted by molar-refractivity contribution is -0.0688. The van der Waals surface area contributed by atoms with Gasteiger partial charge in [0.1, 0.15) is 30.7 Å². The Labute approximate surface area is 150 Å². The van der Waals surface area contributed by atoms with Gasteiger partial charge in [0, 0.05) is 13.1 Å². The van der Waals surface area contributed by atoms with Gasteiger partial charge in [0.15, 0.2) is 12.1 Å². The number of nitrogens with zero attached hydrogens (tertiary/aromatic N) is 5. The highest BCUT2D eigenvalue weighted by molar-refractivity contribution is 6.47. The lowest BCUT2D eigenvalue weighted by atomic mass is 10.0. The van der Waals surface area contributed by atoms with E-state index in [2.05, 4.69) is 15.0 Å². The summed E-state index contributed by atoms with van der Waals surface area (Å²) in [5.74, 6) is -0.777.